The van der Waals surface area contributed by atoms with Gasteiger partial charge in [0.25, 0.3) is 5.56 Å². The molecule has 4 rings (SSSR count). The quantitative estimate of drug-likeness (QED) is 0.498. The van der Waals surface area contributed by atoms with Crippen molar-refractivity contribution in [2.24, 2.45) is 5.73 Å². The summed E-state index contributed by atoms with van der Waals surface area (Å²) in [6, 6.07) is 6.90. The molecule has 2 aromatic heterocycles. The van der Waals surface area contributed by atoms with Crippen LogP contribution in [0.25, 0.3) is 10.9 Å². The Kier molecular flexibility index (Phi) is 6.56. The molecular weight excluding hydrogens is 397 g/mol. The molecule has 1 aromatic carbocycles. The van der Waals surface area contributed by atoms with Gasteiger partial charge in [-0.05, 0) is 31.0 Å². The van der Waals surface area contributed by atoms with Gasteiger partial charge in [0.1, 0.15) is 11.2 Å². The molecule has 160 valence electrons. The average Bonchev–Trinajstić information content (AvgIpc) is 2.68. The Morgan fingerprint density at radius 3 is 2.40 bits per heavy atom. The third-order valence-corrected chi connectivity index (χ3v) is 4.77. The Labute approximate surface area is 170 Å². The van der Waals surface area contributed by atoms with Crippen LogP contribution in [0.2, 0.25) is 0 Å². The maximum Gasteiger partial charge on any atom is 0.418 e. The first kappa shape index (κ1) is 21.6. The lowest BCUT2D eigenvalue weighted by molar-refractivity contribution is -0.136. The van der Waals surface area contributed by atoms with E-state index in [9.17, 15) is 18.0 Å². The van der Waals surface area contributed by atoms with Crippen molar-refractivity contribution in [1.82, 2.24) is 15.0 Å². The van der Waals surface area contributed by atoms with Gasteiger partial charge >= 0.3 is 6.18 Å². The number of nitrogens with zero attached hydrogens (tertiary/aromatic N) is 2. The van der Waals surface area contributed by atoms with Crippen LogP contribution in [0.5, 0.6) is 0 Å². The highest BCUT2D eigenvalue weighted by atomic mass is 19.4. The van der Waals surface area contributed by atoms with Gasteiger partial charge in [-0.15, -0.1) is 0 Å². The van der Waals surface area contributed by atoms with E-state index in [2.05, 4.69) is 20.3 Å². The summed E-state index contributed by atoms with van der Waals surface area (Å²) in [7, 11) is 0. The Hall–Kier alpha value is -3.14. The number of pyridine rings is 1. The van der Waals surface area contributed by atoms with Gasteiger partial charge in [0.2, 0.25) is 5.95 Å². The number of rotatable bonds is 2. The summed E-state index contributed by atoms with van der Waals surface area (Å²) in [5.41, 5.74) is 9.78. The molecule has 0 saturated heterocycles. The van der Waals surface area contributed by atoms with E-state index in [0.29, 0.717) is 6.04 Å². The fourth-order valence-corrected chi connectivity index (χ4v) is 3.30. The summed E-state index contributed by atoms with van der Waals surface area (Å²) in [4.78, 5) is 22.1. The van der Waals surface area contributed by atoms with Crippen LogP contribution in [0.4, 0.5) is 30.6 Å². The van der Waals surface area contributed by atoms with Crippen LogP contribution in [0.15, 0.2) is 41.3 Å². The van der Waals surface area contributed by atoms with Crippen LogP contribution in [-0.2, 0) is 6.18 Å². The predicted octanol–water partition coefficient (Wildman–Crippen LogP) is 3.94. The third kappa shape index (κ3) is 5.26. The van der Waals surface area contributed by atoms with Crippen LogP contribution in [-0.4, -0.2) is 21.0 Å². The van der Waals surface area contributed by atoms with Crippen molar-refractivity contribution in [1.29, 1.82) is 0 Å². The second-order valence-electron chi connectivity index (χ2n) is 7.06. The zero-order chi connectivity index (χ0) is 21.7. The summed E-state index contributed by atoms with van der Waals surface area (Å²) in [5.74, 6) is -0.249. The lowest BCUT2D eigenvalue weighted by Crippen LogP contribution is -2.22. The monoisotopic (exact) mass is 420 g/mol. The van der Waals surface area contributed by atoms with Crippen molar-refractivity contribution in [3.05, 3.63) is 52.4 Å². The van der Waals surface area contributed by atoms with Crippen molar-refractivity contribution in [3.63, 3.8) is 0 Å². The molecule has 6 N–H and O–H groups in total. The molecule has 30 heavy (non-hydrogen) atoms. The molecular formula is C20H23F3N6O. The van der Waals surface area contributed by atoms with E-state index in [1.807, 2.05) is 0 Å². The number of nitrogens with one attached hydrogen (secondary N) is 2. The van der Waals surface area contributed by atoms with Gasteiger partial charge in [0, 0.05) is 12.2 Å². The molecule has 0 spiro atoms. The van der Waals surface area contributed by atoms with Crippen molar-refractivity contribution in [3.8, 4) is 0 Å². The Morgan fingerprint density at radius 2 is 1.77 bits per heavy atom. The lowest BCUT2D eigenvalue weighted by atomic mass is 9.97. The molecule has 0 radical (unpaired) electrons. The number of nitrogens with two attached hydrogens (primary N) is 2. The van der Waals surface area contributed by atoms with E-state index in [1.165, 1.54) is 62.6 Å². The Balaban J connectivity index is 0.000000310. The number of benzene rings is 1. The zero-order valence-corrected chi connectivity index (χ0v) is 16.2. The number of halogens is 3. The molecule has 3 aromatic rings. The molecule has 1 fully saturated rings. The maximum absolute atomic E-state index is 13.1. The van der Waals surface area contributed by atoms with E-state index in [0.717, 1.165) is 6.07 Å². The topological polar surface area (TPSA) is 123 Å². The summed E-state index contributed by atoms with van der Waals surface area (Å²) < 4.78 is 39.2. The number of para-hydroxylation sites is 1. The second-order valence-corrected chi connectivity index (χ2v) is 7.06. The molecule has 7 nitrogen and oxygen atoms in total. The molecule has 0 bridgehead atoms. The van der Waals surface area contributed by atoms with Crippen molar-refractivity contribution in [2.45, 2.75) is 44.3 Å². The number of anilines is 3. The normalized spacial score (nSPS) is 14.8. The summed E-state index contributed by atoms with van der Waals surface area (Å²) in [6.45, 7) is 0. The minimum Gasteiger partial charge on any atom is -0.368 e. The highest BCUT2D eigenvalue weighted by Crippen LogP contribution is 2.36. The second kappa shape index (κ2) is 9.12. The van der Waals surface area contributed by atoms with Gasteiger partial charge in [-0.25, -0.2) is 4.98 Å². The van der Waals surface area contributed by atoms with Crippen LogP contribution < -0.4 is 22.3 Å². The highest BCUT2D eigenvalue weighted by Gasteiger charge is 2.33. The van der Waals surface area contributed by atoms with Gasteiger partial charge in [0.05, 0.1) is 16.8 Å². The zero-order valence-electron chi connectivity index (χ0n) is 16.2. The standard InChI is InChI=1S/C14H10F3N5O.C6H13N/c15-14(16,17)7-3-1-2-4-8(7)20-11-10-9(21-13(18)22-11)5-6-19-12(10)23;7-6-4-2-1-3-5-6/h1-6H,(H,19,23)(H3,18,20,21,22);6H,1-5,7H2. The van der Waals surface area contributed by atoms with Crippen molar-refractivity contribution < 1.29 is 13.2 Å². The number of aromatic nitrogens is 3. The summed E-state index contributed by atoms with van der Waals surface area (Å²) in [5, 5.41) is 2.56. The SMILES string of the molecule is NC1CCCCC1.Nc1nc(Nc2ccccc2C(F)(F)F)c2c(=O)[nH]ccc2n1. The number of alkyl halides is 3. The molecule has 1 saturated carbocycles. The van der Waals surface area contributed by atoms with Crippen LogP contribution in [0, 0.1) is 0 Å². The molecule has 0 amide bonds. The molecule has 0 atom stereocenters. The van der Waals surface area contributed by atoms with E-state index >= 15 is 0 Å². The van der Waals surface area contributed by atoms with E-state index in [-0.39, 0.29) is 28.4 Å². The van der Waals surface area contributed by atoms with Crippen LogP contribution in [0.1, 0.15) is 37.7 Å². The number of hydrogen-bond acceptors (Lipinski definition) is 6. The van der Waals surface area contributed by atoms with Gasteiger partial charge in [-0.1, -0.05) is 31.4 Å². The molecule has 1 aliphatic rings. The number of H-pyrrole nitrogens is 1. The largest absolute Gasteiger partial charge is 0.418 e. The van der Waals surface area contributed by atoms with E-state index in [1.54, 1.807) is 0 Å². The first-order valence-electron chi connectivity index (χ1n) is 9.59. The fraction of sp³-hybridized carbons (Fsp3) is 0.350. The third-order valence-electron chi connectivity index (χ3n) is 4.77. The summed E-state index contributed by atoms with van der Waals surface area (Å²) >= 11 is 0. The maximum atomic E-state index is 13.1. The van der Waals surface area contributed by atoms with Crippen LogP contribution >= 0.6 is 0 Å². The van der Waals surface area contributed by atoms with Crippen LogP contribution in [0.3, 0.4) is 0 Å². The Morgan fingerprint density at radius 1 is 1.07 bits per heavy atom. The van der Waals surface area contributed by atoms with Crippen molar-refractivity contribution >= 4 is 28.4 Å². The first-order chi connectivity index (χ1) is 14.3. The predicted molar refractivity (Wildman–Crippen MR) is 110 cm³/mol. The first-order valence-corrected chi connectivity index (χ1v) is 9.59. The van der Waals surface area contributed by atoms with Gasteiger partial charge < -0.3 is 21.8 Å². The highest BCUT2D eigenvalue weighted by molar-refractivity contribution is 5.91. The summed E-state index contributed by atoms with van der Waals surface area (Å²) in [6.07, 6.45) is 3.48. The number of aromatic amines is 1. The average molecular weight is 420 g/mol. The lowest BCUT2D eigenvalue weighted by Gasteiger charge is -2.15. The number of hydrogen-bond donors (Lipinski definition) is 4. The minimum absolute atomic E-state index is 0.0266. The molecule has 1 aliphatic carbocycles. The Bertz CT molecular complexity index is 1060. The molecule has 0 unspecified atom stereocenters. The van der Waals surface area contributed by atoms with Gasteiger partial charge in [-0.3, -0.25) is 4.79 Å². The number of nitrogen functional groups attached to an aromatic ring is 1. The molecule has 2 heterocycles. The van der Waals surface area contributed by atoms with E-state index in [4.69, 9.17) is 11.5 Å². The molecule has 0 aliphatic heterocycles. The van der Waals surface area contributed by atoms with E-state index < -0.39 is 17.3 Å². The fourth-order valence-electron chi connectivity index (χ4n) is 3.30. The minimum atomic E-state index is -4.55. The molecule has 10 heteroatoms. The van der Waals surface area contributed by atoms with Crippen molar-refractivity contribution in [2.75, 3.05) is 11.1 Å². The smallest absolute Gasteiger partial charge is 0.368 e. The number of fused-ring (bicyclic) bond motifs is 1. The van der Waals surface area contributed by atoms with Gasteiger partial charge in [-0.2, -0.15) is 18.2 Å². The van der Waals surface area contributed by atoms with Gasteiger partial charge in [0.15, 0.2) is 0 Å².